The Morgan fingerprint density at radius 1 is 1.23 bits per heavy atom. The predicted molar refractivity (Wildman–Crippen MR) is 56.8 cm³/mol. The summed E-state index contributed by atoms with van der Waals surface area (Å²) in [6, 6.07) is 5.21. The van der Waals surface area contributed by atoms with Gasteiger partial charge in [-0.2, -0.15) is 0 Å². The summed E-state index contributed by atoms with van der Waals surface area (Å²) in [6.45, 7) is 4.00. The molecule has 0 bridgehead atoms. The molecule has 1 rings (SSSR count). The van der Waals surface area contributed by atoms with Crippen molar-refractivity contribution >= 4 is 6.29 Å². The lowest BCUT2D eigenvalue weighted by molar-refractivity contribution is 0.111. The Morgan fingerprint density at radius 2 is 1.85 bits per heavy atom. The molecule has 0 saturated carbocycles. The first-order chi connectivity index (χ1) is 5.85. The van der Waals surface area contributed by atoms with E-state index in [-0.39, 0.29) is 7.43 Å². The highest BCUT2D eigenvalue weighted by atomic mass is 16.1. The van der Waals surface area contributed by atoms with Gasteiger partial charge in [0.2, 0.25) is 0 Å². The molecule has 72 valence electrons. The number of hydrogen-bond donors (Lipinski definition) is 0. The maximum atomic E-state index is 9.94. The maximum Gasteiger partial charge on any atom is 0.168 e. The van der Waals surface area contributed by atoms with Crippen LogP contribution in [0.25, 0.3) is 0 Å². The number of carbonyl (C=O) groups is 1. The molecular formula is C11H17NO. The van der Waals surface area contributed by atoms with E-state index in [0.717, 1.165) is 6.29 Å². The number of rotatable bonds is 1. The van der Waals surface area contributed by atoms with Crippen LogP contribution in [0.3, 0.4) is 0 Å². The van der Waals surface area contributed by atoms with Gasteiger partial charge in [-0.05, 0) is 26.0 Å². The molecule has 0 spiro atoms. The summed E-state index contributed by atoms with van der Waals surface area (Å²) in [6.07, 6.45) is 6.31. The molecule has 2 nitrogen and oxygen atoms in total. The summed E-state index contributed by atoms with van der Waals surface area (Å²) in [7, 11) is 0. The van der Waals surface area contributed by atoms with E-state index in [0.29, 0.717) is 5.69 Å². The second kappa shape index (κ2) is 10.6. The zero-order valence-electron chi connectivity index (χ0n) is 7.40. The fourth-order valence-corrected chi connectivity index (χ4v) is 0.446. The molecule has 0 saturated heterocycles. The van der Waals surface area contributed by atoms with Gasteiger partial charge in [0.15, 0.2) is 6.29 Å². The van der Waals surface area contributed by atoms with Gasteiger partial charge in [0.25, 0.3) is 0 Å². The normalized spacial score (nSPS) is 8.15. The largest absolute Gasteiger partial charge is 0.296 e. The van der Waals surface area contributed by atoms with Crippen LogP contribution in [-0.2, 0) is 0 Å². The van der Waals surface area contributed by atoms with Crippen molar-refractivity contribution in [3.05, 3.63) is 42.2 Å². The average molecular weight is 179 g/mol. The molecule has 0 amide bonds. The van der Waals surface area contributed by atoms with Gasteiger partial charge in [-0.3, -0.25) is 9.78 Å². The first-order valence-corrected chi connectivity index (χ1v) is 3.78. The highest BCUT2D eigenvalue weighted by Crippen LogP contribution is 1.85. The molecule has 0 aliphatic carbocycles. The van der Waals surface area contributed by atoms with Crippen molar-refractivity contribution in [3.63, 3.8) is 0 Å². The summed E-state index contributed by atoms with van der Waals surface area (Å²) in [5.74, 6) is 0. The van der Waals surface area contributed by atoms with Gasteiger partial charge in [-0.1, -0.05) is 25.6 Å². The second-order valence-corrected chi connectivity index (χ2v) is 2.04. The van der Waals surface area contributed by atoms with Crippen molar-refractivity contribution in [1.82, 2.24) is 4.98 Å². The summed E-state index contributed by atoms with van der Waals surface area (Å²) >= 11 is 0. The summed E-state index contributed by atoms with van der Waals surface area (Å²) < 4.78 is 0. The average Bonchev–Trinajstić information content (AvgIpc) is 2.19. The molecule has 0 N–H and O–H groups in total. The van der Waals surface area contributed by atoms with Crippen LogP contribution >= 0.6 is 0 Å². The van der Waals surface area contributed by atoms with Gasteiger partial charge in [0.05, 0.1) is 0 Å². The molecule has 0 aliphatic rings. The first kappa shape index (κ1) is 14.1. The highest BCUT2D eigenvalue weighted by Gasteiger charge is 1.81. The smallest absolute Gasteiger partial charge is 0.168 e. The molecule has 0 aromatic carbocycles. The molecule has 1 aromatic heterocycles. The monoisotopic (exact) mass is 179 g/mol. The predicted octanol–water partition coefficient (Wildman–Crippen LogP) is 3.11. The van der Waals surface area contributed by atoms with E-state index >= 15 is 0 Å². The minimum Gasteiger partial charge on any atom is -0.296 e. The van der Waals surface area contributed by atoms with Crippen molar-refractivity contribution < 1.29 is 4.79 Å². The molecule has 0 unspecified atom stereocenters. The lowest BCUT2D eigenvalue weighted by atomic mass is 10.4. The Kier molecular flexibility index (Phi) is 11.5. The van der Waals surface area contributed by atoms with Crippen LogP contribution in [0.15, 0.2) is 36.5 Å². The number of aldehydes is 1. The number of allylic oxidation sites excluding steroid dienone is 2. The van der Waals surface area contributed by atoms with Crippen LogP contribution in [-0.4, -0.2) is 11.3 Å². The van der Waals surface area contributed by atoms with Crippen LogP contribution < -0.4 is 0 Å². The fourth-order valence-electron chi connectivity index (χ4n) is 0.446. The van der Waals surface area contributed by atoms with Crippen molar-refractivity contribution in [3.8, 4) is 0 Å². The van der Waals surface area contributed by atoms with Crippen molar-refractivity contribution in [2.45, 2.75) is 21.3 Å². The molecule has 2 heteroatoms. The SMILES string of the molecule is C.CC=CC.O=Cc1ccccn1. The molecular weight excluding hydrogens is 162 g/mol. The maximum absolute atomic E-state index is 9.94. The quantitative estimate of drug-likeness (QED) is 0.489. The molecule has 0 radical (unpaired) electrons. The van der Waals surface area contributed by atoms with E-state index in [4.69, 9.17) is 0 Å². The number of carbonyl (C=O) groups excluding carboxylic acids is 1. The van der Waals surface area contributed by atoms with Crippen molar-refractivity contribution in [2.24, 2.45) is 0 Å². The van der Waals surface area contributed by atoms with Crippen LogP contribution in [0.2, 0.25) is 0 Å². The van der Waals surface area contributed by atoms with E-state index < -0.39 is 0 Å². The number of pyridine rings is 1. The molecule has 0 atom stereocenters. The van der Waals surface area contributed by atoms with Gasteiger partial charge in [-0.25, -0.2) is 0 Å². The van der Waals surface area contributed by atoms with Crippen LogP contribution in [0, 0.1) is 0 Å². The van der Waals surface area contributed by atoms with Gasteiger partial charge >= 0.3 is 0 Å². The van der Waals surface area contributed by atoms with Crippen molar-refractivity contribution in [2.75, 3.05) is 0 Å². The molecule has 13 heavy (non-hydrogen) atoms. The summed E-state index contributed by atoms with van der Waals surface area (Å²) in [5, 5.41) is 0. The topological polar surface area (TPSA) is 30.0 Å². The zero-order valence-corrected chi connectivity index (χ0v) is 7.40. The van der Waals surface area contributed by atoms with E-state index in [1.54, 1.807) is 24.4 Å². The third kappa shape index (κ3) is 8.47. The van der Waals surface area contributed by atoms with Crippen LogP contribution in [0.1, 0.15) is 31.8 Å². The summed E-state index contributed by atoms with van der Waals surface area (Å²) in [5.41, 5.74) is 0.479. The second-order valence-electron chi connectivity index (χ2n) is 2.04. The number of aromatic nitrogens is 1. The standard InChI is InChI=1S/C6H5NO.C4H8.CH4/c8-5-6-3-1-2-4-7-6;1-3-4-2;/h1-5H;3-4H,1-2H3;1H4. The zero-order chi connectivity index (χ0) is 9.23. The van der Waals surface area contributed by atoms with Gasteiger partial charge < -0.3 is 0 Å². The highest BCUT2D eigenvalue weighted by molar-refractivity contribution is 5.71. The number of hydrogen-bond acceptors (Lipinski definition) is 2. The molecule has 1 heterocycles. The molecule has 1 aromatic rings. The lowest BCUT2D eigenvalue weighted by Crippen LogP contribution is -1.80. The van der Waals surface area contributed by atoms with Crippen LogP contribution in [0.4, 0.5) is 0 Å². The van der Waals surface area contributed by atoms with Gasteiger partial charge in [0.1, 0.15) is 5.69 Å². The Balaban J connectivity index is 0. The minimum atomic E-state index is 0. The summed E-state index contributed by atoms with van der Waals surface area (Å²) in [4.78, 5) is 13.7. The first-order valence-electron chi connectivity index (χ1n) is 3.78. The minimum absolute atomic E-state index is 0. The van der Waals surface area contributed by atoms with Gasteiger partial charge in [-0.15, -0.1) is 0 Å². The van der Waals surface area contributed by atoms with E-state index in [1.807, 2.05) is 26.0 Å². The fraction of sp³-hybridized carbons (Fsp3) is 0.273. The van der Waals surface area contributed by atoms with E-state index in [9.17, 15) is 4.79 Å². The van der Waals surface area contributed by atoms with E-state index in [1.165, 1.54) is 0 Å². The van der Waals surface area contributed by atoms with Crippen LogP contribution in [0.5, 0.6) is 0 Å². The van der Waals surface area contributed by atoms with Crippen molar-refractivity contribution in [1.29, 1.82) is 0 Å². The Bertz CT molecular complexity index is 225. The molecule has 0 fully saturated rings. The van der Waals surface area contributed by atoms with E-state index in [2.05, 4.69) is 4.98 Å². The number of nitrogens with zero attached hydrogens (tertiary/aromatic N) is 1. The Morgan fingerprint density at radius 3 is 2.08 bits per heavy atom. The Labute approximate surface area is 80.3 Å². The third-order valence-corrected chi connectivity index (χ3v) is 1.14. The Hall–Kier alpha value is -1.44. The van der Waals surface area contributed by atoms with Gasteiger partial charge in [0, 0.05) is 6.20 Å². The lowest BCUT2D eigenvalue weighted by Gasteiger charge is -1.81. The third-order valence-electron chi connectivity index (χ3n) is 1.14. The molecule has 0 aliphatic heterocycles.